The zero-order valence-electron chi connectivity index (χ0n) is 27.6. The molecule has 2 heteroatoms. The monoisotopic (exact) mass is 610 g/mol. The summed E-state index contributed by atoms with van der Waals surface area (Å²) in [5.74, 6) is 5.47. The lowest BCUT2D eigenvalue weighted by molar-refractivity contribution is -0.122. The first-order chi connectivity index (χ1) is 22.6. The summed E-state index contributed by atoms with van der Waals surface area (Å²) in [6, 6.07) is 26.2. The maximum absolute atomic E-state index is 14.0. The van der Waals surface area contributed by atoms with Crippen molar-refractivity contribution in [2.24, 2.45) is 23.7 Å². The highest BCUT2D eigenvalue weighted by Gasteiger charge is 2.33. The molecule has 2 aliphatic carbocycles. The Morgan fingerprint density at radius 1 is 0.913 bits per heavy atom. The van der Waals surface area contributed by atoms with Gasteiger partial charge in [0, 0.05) is 31.1 Å². The fraction of sp³-hybridized carbons (Fsp3) is 0.432. The normalized spacial score (nSPS) is 23.4. The van der Waals surface area contributed by atoms with Crippen molar-refractivity contribution in [3.8, 4) is 12.3 Å². The highest BCUT2D eigenvalue weighted by atomic mass is 16.5. The van der Waals surface area contributed by atoms with Crippen molar-refractivity contribution in [1.82, 2.24) is 0 Å². The Bertz CT molecular complexity index is 1540. The number of benzene rings is 3. The van der Waals surface area contributed by atoms with E-state index in [-0.39, 0.29) is 5.92 Å². The van der Waals surface area contributed by atoms with Crippen LogP contribution in [0.4, 0.5) is 0 Å². The minimum absolute atomic E-state index is 0.0315. The third-order valence-electron chi connectivity index (χ3n) is 10.8. The van der Waals surface area contributed by atoms with Crippen LogP contribution in [0.1, 0.15) is 97.6 Å². The van der Waals surface area contributed by atoms with Crippen molar-refractivity contribution in [3.05, 3.63) is 124 Å². The number of hydrogen-bond donors (Lipinski definition) is 0. The molecule has 6 rings (SSSR count). The van der Waals surface area contributed by atoms with Crippen molar-refractivity contribution in [2.45, 2.75) is 83.5 Å². The van der Waals surface area contributed by atoms with E-state index in [2.05, 4.69) is 97.8 Å². The van der Waals surface area contributed by atoms with Crippen molar-refractivity contribution >= 4 is 11.4 Å². The molecule has 3 aliphatic rings. The standard InChI is InChI=1S/C44H50O2/c1-3-37-18-15-36(30-42(37)21-14-35-10-7-27-46-31-35)29-34-12-19-39(20-13-34)44(43(45)26-16-33-8-5-4-6-9-33)40-24-22-38(23-25-40)41-17-11-32(2)28-41/h1,4-6,8-9,11,15,17-18,22-25,28,30,32,34-35,39,44H,7,10,12-14,16,19-21,26-27,29,31H2,2H3. The first-order valence-electron chi connectivity index (χ1n) is 17.8. The van der Waals surface area contributed by atoms with Crippen LogP contribution in [0.2, 0.25) is 0 Å². The zero-order valence-corrected chi connectivity index (χ0v) is 27.6. The van der Waals surface area contributed by atoms with Gasteiger partial charge in [-0.1, -0.05) is 97.8 Å². The van der Waals surface area contributed by atoms with E-state index in [4.69, 9.17) is 11.2 Å². The summed E-state index contributed by atoms with van der Waals surface area (Å²) >= 11 is 0. The van der Waals surface area contributed by atoms with Gasteiger partial charge in [0.2, 0.25) is 0 Å². The Hall–Kier alpha value is -3.67. The Balaban J connectivity index is 1.11. The minimum Gasteiger partial charge on any atom is -0.381 e. The first kappa shape index (κ1) is 32.3. The molecular formula is C44H50O2. The Morgan fingerprint density at radius 3 is 2.41 bits per heavy atom. The number of allylic oxidation sites excluding steroid dienone is 4. The quantitative estimate of drug-likeness (QED) is 0.191. The maximum atomic E-state index is 14.0. The van der Waals surface area contributed by atoms with Crippen LogP contribution in [0, 0.1) is 36.0 Å². The molecular weight excluding hydrogens is 560 g/mol. The van der Waals surface area contributed by atoms with Crippen LogP contribution in [0.25, 0.3) is 5.57 Å². The number of aryl methyl sites for hydroxylation is 2. The highest BCUT2D eigenvalue weighted by molar-refractivity contribution is 5.86. The molecule has 3 atom stereocenters. The lowest BCUT2D eigenvalue weighted by atomic mass is 9.70. The van der Waals surface area contributed by atoms with Crippen molar-refractivity contribution in [3.63, 3.8) is 0 Å². The van der Waals surface area contributed by atoms with E-state index >= 15 is 0 Å². The molecule has 1 saturated carbocycles. The number of Topliss-reactive ketones (excluding diaryl/α,β-unsaturated/α-hetero) is 1. The number of carbonyl (C=O) groups is 1. The van der Waals surface area contributed by atoms with Crippen molar-refractivity contribution in [2.75, 3.05) is 13.2 Å². The predicted molar refractivity (Wildman–Crippen MR) is 191 cm³/mol. The first-order valence-corrected chi connectivity index (χ1v) is 17.8. The molecule has 1 aliphatic heterocycles. The summed E-state index contributed by atoms with van der Waals surface area (Å²) < 4.78 is 5.72. The molecule has 1 saturated heterocycles. The summed E-state index contributed by atoms with van der Waals surface area (Å²) in [5, 5.41) is 0. The van der Waals surface area contributed by atoms with Gasteiger partial charge in [0.25, 0.3) is 0 Å². The van der Waals surface area contributed by atoms with Gasteiger partial charge in [0.15, 0.2) is 0 Å². The number of terminal acetylenes is 1. The largest absolute Gasteiger partial charge is 0.381 e. The van der Waals surface area contributed by atoms with Gasteiger partial charge >= 0.3 is 0 Å². The molecule has 238 valence electrons. The summed E-state index contributed by atoms with van der Waals surface area (Å²) in [4.78, 5) is 14.0. The van der Waals surface area contributed by atoms with E-state index < -0.39 is 0 Å². The van der Waals surface area contributed by atoms with Gasteiger partial charge in [-0.05, 0) is 127 Å². The van der Waals surface area contributed by atoms with Gasteiger partial charge in [0.1, 0.15) is 5.78 Å². The van der Waals surface area contributed by atoms with E-state index in [1.165, 1.54) is 59.1 Å². The Morgan fingerprint density at radius 2 is 1.72 bits per heavy atom. The number of rotatable bonds is 12. The predicted octanol–water partition coefficient (Wildman–Crippen LogP) is 9.95. The second-order valence-corrected chi connectivity index (χ2v) is 14.1. The topological polar surface area (TPSA) is 26.3 Å². The molecule has 2 fully saturated rings. The van der Waals surface area contributed by atoms with Crippen LogP contribution >= 0.6 is 0 Å². The van der Waals surface area contributed by atoms with E-state index in [0.717, 1.165) is 57.3 Å². The van der Waals surface area contributed by atoms with Crippen LogP contribution in [-0.2, 0) is 28.8 Å². The SMILES string of the molecule is C#Cc1ccc(CC2CCC(C(C(=O)CCc3ccccc3)c3ccc(C4=CC(C)C=C4)cc3)CC2)cc1CCC1CCCOC1. The maximum Gasteiger partial charge on any atom is 0.140 e. The highest BCUT2D eigenvalue weighted by Crippen LogP contribution is 2.41. The van der Waals surface area contributed by atoms with Crippen LogP contribution in [0.15, 0.2) is 91.0 Å². The minimum atomic E-state index is -0.0315. The molecule has 2 nitrogen and oxygen atoms in total. The summed E-state index contributed by atoms with van der Waals surface area (Å²) in [6.07, 6.45) is 24.4. The van der Waals surface area contributed by atoms with Crippen molar-refractivity contribution in [1.29, 1.82) is 0 Å². The van der Waals surface area contributed by atoms with E-state index in [1.54, 1.807) is 0 Å². The summed E-state index contributed by atoms with van der Waals surface area (Å²) in [5.41, 5.74) is 8.74. The second-order valence-electron chi connectivity index (χ2n) is 14.1. The molecule has 1 heterocycles. The molecule has 0 bridgehead atoms. The molecule has 3 unspecified atom stereocenters. The smallest absolute Gasteiger partial charge is 0.140 e. The molecule has 3 aromatic carbocycles. The fourth-order valence-electron chi connectivity index (χ4n) is 8.09. The summed E-state index contributed by atoms with van der Waals surface area (Å²) in [7, 11) is 0. The van der Waals surface area contributed by atoms with Crippen LogP contribution in [-0.4, -0.2) is 19.0 Å². The number of carbonyl (C=O) groups excluding carboxylic acids is 1. The fourth-order valence-corrected chi connectivity index (χ4v) is 8.09. The van der Waals surface area contributed by atoms with Gasteiger partial charge in [-0.15, -0.1) is 6.42 Å². The van der Waals surface area contributed by atoms with Gasteiger partial charge in [-0.25, -0.2) is 0 Å². The number of ketones is 1. The number of ether oxygens (including phenoxy) is 1. The molecule has 0 amide bonds. The zero-order chi connectivity index (χ0) is 31.7. The van der Waals surface area contributed by atoms with Crippen LogP contribution < -0.4 is 0 Å². The molecule has 0 radical (unpaired) electrons. The van der Waals surface area contributed by atoms with Gasteiger partial charge < -0.3 is 4.74 Å². The van der Waals surface area contributed by atoms with E-state index in [9.17, 15) is 4.79 Å². The Kier molecular flexibility index (Phi) is 11.1. The Labute approximate surface area is 277 Å². The van der Waals surface area contributed by atoms with Crippen LogP contribution in [0.3, 0.4) is 0 Å². The third-order valence-corrected chi connectivity index (χ3v) is 10.8. The summed E-state index contributed by atoms with van der Waals surface area (Å²) in [6.45, 7) is 4.02. The van der Waals surface area contributed by atoms with Gasteiger partial charge in [0.05, 0.1) is 0 Å². The number of hydrogen-bond acceptors (Lipinski definition) is 2. The van der Waals surface area contributed by atoms with Gasteiger partial charge in [-0.3, -0.25) is 4.79 Å². The second kappa shape index (κ2) is 15.8. The van der Waals surface area contributed by atoms with E-state index in [1.807, 2.05) is 6.07 Å². The molecule has 46 heavy (non-hydrogen) atoms. The van der Waals surface area contributed by atoms with E-state index in [0.29, 0.717) is 35.9 Å². The molecule has 0 N–H and O–H groups in total. The van der Waals surface area contributed by atoms with Crippen LogP contribution in [0.5, 0.6) is 0 Å². The average molecular weight is 611 g/mol. The lowest BCUT2D eigenvalue weighted by Gasteiger charge is -2.34. The molecule has 0 spiro atoms. The average Bonchev–Trinajstić information content (AvgIpc) is 3.54. The molecule has 3 aromatic rings. The van der Waals surface area contributed by atoms with Gasteiger partial charge in [-0.2, -0.15) is 0 Å². The lowest BCUT2D eigenvalue weighted by Crippen LogP contribution is -2.27. The molecule has 0 aromatic heterocycles. The van der Waals surface area contributed by atoms with Crippen molar-refractivity contribution < 1.29 is 9.53 Å². The third kappa shape index (κ3) is 8.37.